The van der Waals surface area contributed by atoms with Crippen molar-refractivity contribution in [3.63, 3.8) is 0 Å². The van der Waals surface area contributed by atoms with Gasteiger partial charge in [-0.05, 0) is 24.1 Å². The highest BCUT2D eigenvalue weighted by Crippen LogP contribution is 2.42. The van der Waals surface area contributed by atoms with Crippen molar-refractivity contribution in [1.29, 1.82) is 0 Å². The van der Waals surface area contributed by atoms with E-state index in [1.807, 2.05) is 10.8 Å². The maximum absolute atomic E-state index is 13.0. The molecule has 1 aliphatic rings. The summed E-state index contributed by atoms with van der Waals surface area (Å²) in [6.07, 6.45) is 5.80. The molecule has 1 amide bonds. The van der Waals surface area contributed by atoms with Crippen LogP contribution in [0, 0.1) is 0 Å². The lowest BCUT2D eigenvalue weighted by molar-refractivity contribution is -0.139. The highest BCUT2D eigenvalue weighted by atomic mass is 35.5. The Kier molecular flexibility index (Phi) is 6.11. The fraction of sp³-hybridized carbons (Fsp3) is 0.174. The number of carbonyl (C=O) groups excluding carboxylic acids is 2. The number of aromatic nitrogens is 2. The highest BCUT2D eigenvalue weighted by molar-refractivity contribution is 6.47. The van der Waals surface area contributed by atoms with Crippen molar-refractivity contribution >= 4 is 40.7 Å². The van der Waals surface area contributed by atoms with E-state index in [2.05, 4.69) is 4.98 Å². The van der Waals surface area contributed by atoms with Crippen LogP contribution in [-0.4, -0.2) is 37.8 Å². The summed E-state index contributed by atoms with van der Waals surface area (Å²) in [5.41, 5.74) is 1.00. The van der Waals surface area contributed by atoms with Crippen LogP contribution in [0.15, 0.2) is 72.8 Å². The number of nitrogens with zero attached hydrogens (tertiary/aromatic N) is 3. The molecule has 31 heavy (non-hydrogen) atoms. The van der Waals surface area contributed by atoms with E-state index in [1.54, 1.807) is 61.1 Å². The molecule has 0 spiro atoms. The first kappa shape index (κ1) is 21.2. The Bertz CT molecular complexity index is 1140. The Labute approximate surface area is 189 Å². The molecule has 3 aromatic rings. The van der Waals surface area contributed by atoms with Gasteiger partial charge in [-0.1, -0.05) is 59.6 Å². The van der Waals surface area contributed by atoms with Crippen LogP contribution in [0.1, 0.15) is 23.6 Å². The van der Waals surface area contributed by atoms with Gasteiger partial charge in [0.05, 0.1) is 17.9 Å². The van der Waals surface area contributed by atoms with Crippen molar-refractivity contribution in [2.45, 2.75) is 19.0 Å². The number of likely N-dealkylation sites (tertiary alicyclic amines) is 1. The lowest BCUT2D eigenvalue weighted by Crippen LogP contribution is -2.31. The summed E-state index contributed by atoms with van der Waals surface area (Å²) in [6, 6.07) is 12.8. The number of rotatable bonds is 6. The molecule has 2 heterocycles. The van der Waals surface area contributed by atoms with Gasteiger partial charge in [-0.2, -0.15) is 0 Å². The van der Waals surface area contributed by atoms with E-state index in [9.17, 15) is 14.7 Å². The van der Waals surface area contributed by atoms with E-state index >= 15 is 0 Å². The fourth-order valence-electron chi connectivity index (χ4n) is 3.75. The number of aliphatic hydroxyl groups is 1. The maximum atomic E-state index is 13.0. The Balaban J connectivity index is 1.76. The van der Waals surface area contributed by atoms with Crippen molar-refractivity contribution in [2.75, 3.05) is 6.54 Å². The third-order valence-electron chi connectivity index (χ3n) is 5.22. The van der Waals surface area contributed by atoms with Crippen LogP contribution in [0.5, 0.6) is 0 Å². The summed E-state index contributed by atoms with van der Waals surface area (Å²) < 4.78 is 1.89. The number of hydrogen-bond donors (Lipinski definition) is 1. The van der Waals surface area contributed by atoms with Gasteiger partial charge in [0.2, 0.25) is 0 Å². The normalized spacial score (nSPS) is 18.0. The second-order valence-corrected chi connectivity index (χ2v) is 8.02. The van der Waals surface area contributed by atoms with Crippen LogP contribution in [0.4, 0.5) is 0 Å². The molecule has 2 aromatic carbocycles. The van der Waals surface area contributed by atoms with Gasteiger partial charge in [0.15, 0.2) is 0 Å². The second-order valence-electron chi connectivity index (χ2n) is 7.18. The molecule has 0 radical (unpaired) electrons. The Hall–Kier alpha value is -3.09. The first-order valence-corrected chi connectivity index (χ1v) is 10.5. The van der Waals surface area contributed by atoms with Crippen molar-refractivity contribution in [3.05, 3.63) is 94.0 Å². The fourth-order valence-corrected chi connectivity index (χ4v) is 4.26. The Morgan fingerprint density at radius 1 is 1.06 bits per heavy atom. The summed E-state index contributed by atoms with van der Waals surface area (Å²) in [7, 11) is 0. The predicted molar refractivity (Wildman–Crippen MR) is 119 cm³/mol. The van der Waals surface area contributed by atoms with Crippen LogP contribution in [-0.2, 0) is 16.1 Å². The molecule has 4 rings (SSSR count). The van der Waals surface area contributed by atoms with E-state index in [1.165, 1.54) is 4.90 Å². The number of carbonyl (C=O) groups is 2. The molecule has 1 unspecified atom stereocenters. The topological polar surface area (TPSA) is 75.4 Å². The number of imidazole rings is 1. The monoisotopic (exact) mass is 455 g/mol. The molecule has 1 atom stereocenters. The highest BCUT2D eigenvalue weighted by Gasteiger charge is 2.46. The molecule has 158 valence electrons. The maximum Gasteiger partial charge on any atom is 0.295 e. The minimum atomic E-state index is -0.812. The zero-order valence-corrected chi connectivity index (χ0v) is 17.9. The number of ketones is 1. The first-order valence-electron chi connectivity index (χ1n) is 9.72. The molecule has 6 nitrogen and oxygen atoms in total. The van der Waals surface area contributed by atoms with Gasteiger partial charge in [0.25, 0.3) is 11.7 Å². The van der Waals surface area contributed by atoms with Gasteiger partial charge in [-0.15, -0.1) is 0 Å². The first-order chi connectivity index (χ1) is 15.0. The predicted octanol–water partition coefficient (Wildman–Crippen LogP) is 4.70. The average Bonchev–Trinajstić information content (AvgIpc) is 3.36. The van der Waals surface area contributed by atoms with Gasteiger partial charge in [0.1, 0.15) is 5.76 Å². The largest absolute Gasteiger partial charge is 0.507 e. The molecule has 1 N–H and O–H groups in total. The smallest absolute Gasteiger partial charge is 0.295 e. The number of aliphatic hydroxyl groups excluding tert-OH is 1. The summed E-state index contributed by atoms with van der Waals surface area (Å²) in [6.45, 7) is 0.931. The number of hydrogen-bond acceptors (Lipinski definition) is 4. The Morgan fingerprint density at radius 2 is 1.84 bits per heavy atom. The summed E-state index contributed by atoms with van der Waals surface area (Å²) in [5.74, 6) is -1.63. The minimum Gasteiger partial charge on any atom is -0.507 e. The molecule has 0 saturated carbocycles. The van der Waals surface area contributed by atoms with Gasteiger partial charge < -0.3 is 14.6 Å². The van der Waals surface area contributed by atoms with E-state index in [0.29, 0.717) is 40.7 Å². The van der Waals surface area contributed by atoms with Crippen molar-refractivity contribution in [2.24, 2.45) is 0 Å². The van der Waals surface area contributed by atoms with Crippen LogP contribution in [0.25, 0.3) is 5.76 Å². The zero-order valence-electron chi connectivity index (χ0n) is 16.4. The number of benzene rings is 2. The molecule has 0 bridgehead atoms. The molecular weight excluding hydrogens is 437 g/mol. The van der Waals surface area contributed by atoms with Crippen molar-refractivity contribution in [1.82, 2.24) is 14.5 Å². The van der Waals surface area contributed by atoms with Gasteiger partial charge in [-0.25, -0.2) is 4.98 Å². The summed E-state index contributed by atoms with van der Waals surface area (Å²) >= 11 is 12.5. The van der Waals surface area contributed by atoms with Crippen molar-refractivity contribution in [3.8, 4) is 0 Å². The summed E-state index contributed by atoms with van der Waals surface area (Å²) in [4.78, 5) is 31.4. The lowest BCUT2D eigenvalue weighted by atomic mass is 9.95. The zero-order chi connectivity index (χ0) is 22.0. The van der Waals surface area contributed by atoms with Crippen LogP contribution in [0.3, 0.4) is 0 Å². The van der Waals surface area contributed by atoms with E-state index in [-0.39, 0.29) is 11.3 Å². The average molecular weight is 456 g/mol. The van der Waals surface area contributed by atoms with Gasteiger partial charge in [0, 0.05) is 41.1 Å². The SMILES string of the molecule is O=C1C(=O)N(CCCn2ccnc2)C(c2ccc(Cl)cc2Cl)C1=C(O)c1ccccc1. The molecule has 1 aliphatic heterocycles. The molecule has 1 fully saturated rings. The molecule has 0 aliphatic carbocycles. The standard InChI is InChI=1S/C23H19Cl2N3O3/c24-16-7-8-17(18(25)13-16)20-19(21(29)15-5-2-1-3-6-15)22(30)23(31)28(20)11-4-10-27-12-9-26-14-27/h1-3,5-9,12-14,20,29H,4,10-11H2. The molecule has 1 aromatic heterocycles. The molecule has 1 saturated heterocycles. The molecular formula is C23H19Cl2N3O3. The van der Waals surface area contributed by atoms with E-state index in [4.69, 9.17) is 23.2 Å². The Morgan fingerprint density at radius 3 is 2.52 bits per heavy atom. The number of aryl methyl sites for hydroxylation is 1. The number of halogens is 2. The van der Waals surface area contributed by atoms with Crippen LogP contribution < -0.4 is 0 Å². The van der Waals surface area contributed by atoms with Crippen LogP contribution >= 0.6 is 23.2 Å². The summed E-state index contributed by atoms with van der Waals surface area (Å²) in [5, 5.41) is 11.7. The molecule has 8 heteroatoms. The van der Waals surface area contributed by atoms with Gasteiger partial charge >= 0.3 is 0 Å². The van der Waals surface area contributed by atoms with E-state index in [0.717, 1.165) is 0 Å². The lowest BCUT2D eigenvalue weighted by Gasteiger charge is -2.26. The second kappa shape index (κ2) is 8.96. The van der Waals surface area contributed by atoms with E-state index < -0.39 is 17.7 Å². The van der Waals surface area contributed by atoms with Crippen LogP contribution in [0.2, 0.25) is 10.0 Å². The number of amides is 1. The number of Topliss-reactive ketones (excluding diaryl/α,β-unsaturated/α-hetero) is 1. The minimum absolute atomic E-state index is 0.0167. The quantitative estimate of drug-likeness (QED) is 0.332. The van der Waals surface area contributed by atoms with Crippen molar-refractivity contribution < 1.29 is 14.7 Å². The third kappa shape index (κ3) is 4.22. The third-order valence-corrected chi connectivity index (χ3v) is 5.78. The van der Waals surface area contributed by atoms with Gasteiger partial charge in [-0.3, -0.25) is 9.59 Å².